The van der Waals surface area contributed by atoms with E-state index in [2.05, 4.69) is 15.3 Å². The van der Waals surface area contributed by atoms with Gasteiger partial charge in [0.05, 0.1) is 5.69 Å². The van der Waals surface area contributed by atoms with Crippen molar-refractivity contribution in [1.29, 1.82) is 0 Å². The molecule has 0 bridgehead atoms. The van der Waals surface area contributed by atoms with Crippen molar-refractivity contribution in [3.8, 4) is 0 Å². The molecule has 164 valence electrons. The van der Waals surface area contributed by atoms with Crippen molar-refractivity contribution in [3.05, 3.63) is 76.3 Å². The number of amides is 1. The lowest BCUT2D eigenvalue weighted by molar-refractivity contribution is -0.124. The number of rotatable bonds is 6. The predicted octanol–water partition coefficient (Wildman–Crippen LogP) is 3.29. The van der Waals surface area contributed by atoms with Crippen molar-refractivity contribution < 1.29 is 14.3 Å². The summed E-state index contributed by atoms with van der Waals surface area (Å²) in [5.74, 6) is -0.424. The van der Waals surface area contributed by atoms with E-state index in [4.69, 9.17) is 10.5 Å². The van der Waals surface area contributed by atoms with Gasteiger partial charge in [-0.3, -0.25) is 4.79 Å². The molecule has 9 heteroatoms. The van der Waals surface area contributed by atoms with E-state index in [0.717, 1.165) is 22.2 Å². The second-order valence-corrected chi connectivity index (χ2v) is 8.49. The highest BCUT2D eigenvalue weighted by atomic mass is 32.1. The van der Waals surface area contributed by atoms with Crippen molar-refractivity contribution >= 4 is 39.1 Å². The van der Waals surface area contributed by atoms with Crippen molar-refractivity contribution in [2.45, 2.75) is 19.9 Å². The Bertz CT molecular complexity index is 1300. The number of nitrogens with zero attached hydrogens (tertiary/aromatic N) is 3. The van der Waals surface area contributed by atoms with E-state index in [1.165, 1.54) is 11.3 Å². The van der Waals surface area contributed by atoms with Crippen LogP contribution in [0, 0.1) is 13.8 Å². The molecular formula is C23H23N5O3S. The van der Waals surface area contributed by atoms with Gasteiger partial charge in [-0.15, -0.1) is 11.3 Å². The van der Waals surface area contributed by atoms with Gasteiger partial charge in [-0.2, -0.15) is 0 Å². The van der Waals surface area contributed by atoms with E-state index < -0.39 is 24.5 Å². The number of esters is 1. The number of imidazole rings is 1. The molecule has 32 heavy (non-hydrogen) atoms. The Labute approximate surface area is 189 Å². The molecule has 1 aromatic carbocycles. The van der Waals surface area contributed by atoms with Crippen LogP contribution in [0.1, 0.15) is 38.4 Å². The minimum atomic E-state index is -0.647. The number of fused-ring (bicyclic) bond motifs is 1. The fraction of sp³-hybridized carbons (Fsp3) is 0.217. The molecule has 3 heterocycles. The van der Waals surface area contributed by atoms with Crippen LogP contribution in [-0.2, 0) is 16.6 Å². The highest BCUT2D eigenvalue weighted by molar-refractivity contribution is 7.21. The number of nitrogen functional groups attached to an aromatic ring is 1. The molecule has 0 saturated heterocycles. The van der Waals surface area contributed by atoms with Gasteiger partial charge in [0, 0.05) is 30.5 Å². The SMILES string of the molecule is Cc1cc(C)c2c(N)c(C(=O)OCC(=O)NC(c3ccccc3)c3nccn3C)sc2n1. The number of thiophene rings is 1. The molecule has 0 fully saturated rings. The maximum Gasteiger partial charge on any atom is 0.351 e. The summed E-state index contributed by atoms with van der Waals surface area (Å²) in [7, 11) is 1.85. The van der Waals surface area contributed by atoms with Crippen LogP contribution < -0.4 is 11.1 Å². The minimum Gasteiger partial charge on any atom is -0.451 e. The summed E-state index contributed by atoms with van der Waals surface area (Å²) in [5.41, 5.74) is 9.18. The molecule has 0 aliphatic heterocycles. The van der Waals surface area contributed by atoms with Crippen LogP contribution in [-0.4, -0.2) is 33.0 Å². The van der Waals surface area contributed by atoms with Crippen LogP contribution in [0.4, 0.5) is 5.69 Å². The summed E-state index contributed by atoms with van der Waals surface area (Å²) in [6, 6.07) is 10.9. The number of aryl methyl sites for hydroxylation is 3. The normalized spacial score (nSPS) is 12.0. The number of nitrogens with one attached hydrogen (secondary N) is 1. The quantitative estimate of drug-likeness (QED) is 0.437. The number of carbonyl (C=O) groups excluding carboxylic acids is 2. The number of ether oxygens (including phenoxy) is 1. The van der Waals surface area contributed by atoms with Crippen molar-refractivity contribution in [1.82, 2.24) is 19.9 Å². The third-order valence-electron chi connectivity index (χ3n) is 5.10. The van der Waals surface area contributed by atoms with Gasteiger partial charge in [-0.1, -0.05) is 30.3 Å². The highest BCUT2D eigenvalue weighted by Gasteiger charge is 2.23. The topological polar surface area (TPSA) is 112 Å². The molecule has 8 nitrogen and oxygen atoms in total. The van der Waals surface area contributed by atoms with Crippen LogP contribution in [0.2, 0.25) is 0 Å². The van der Waals surface area contributed by atoms with Crippen LogP contribution in [0.15, 0.2) is 48.8 Å². The third kappa shape index (κ3) is 4.19. The zero-order chi connectivity index (χ0) is 22.8. The number of hydrogen-bond acceptors (Lipinski definition) is 7. The maximum absolute atomic E-state index is 12.7. The van der Waals surface area contributed by atoms with E-state index in [9.17, 15) is 9.59 Å². The maximum atomic E-state index is 12.7. The van der Waals surface area contributed by atoms with Gasteiger partial charge >= 0.3 is 5.97 Å². The smallest absolute Gasteiger partial charge is 0.351 e. The van der Waals surface area contributed by atoms with E-state index in [1.54, 1.807) is 12.4 Å². The monoisotopic (exact) mass is 449 g/mol. The van der Waals surface area contributed by atoms with Crippen LogP contribution >= 0.6 is 11.3 Å². The number of aromatic nitrogens is 3. The molecule has 1 atom stereocenters. The summed E-state index contributed by atoms with van der Waals surface area (Å²) >= 11 is 1.17. The first-order valence-corrected chi connectivity index (χ1v) is 10.8. The lowest BCUT2D eigenvalue weighted by Gasteiger charge is -2.19. The Kier molecular flexibility index (Phi) is 5.91. The molecule has 0 radical (unpaired) electrons. The zero-order valence-electron chi connectivity index (χ0n) is 18.0. The molecule has 3 aromatic heterocycles. The van der Waals surface area contributed by atoms with Gasteiger partial charge < -0.3 is 20.4 Å². The van der Waals surface area contributed by atoms with Gasteiger partial charge in [0.1, 0.15) is 21.6 Å². The second kappa shape index (κ2) is 8.80. The predicted molar refractivity (Wildman–Crippen MR) is 123 cm³/mol. The van der Waals surface area contributed by atoms with Crippen molar-refractivity contribution in [2.75, 3.05) is 12.3 Å². The molecule has 0 saturated carbocycles. The van der Waals surface area contributed by atoms with E-state index in [0.29, 0.717) is 16.3 Å². The zero-order valence-corrected chi connectivity index (χ0v) is 18.8. The number of pyridine rings is 1. The summed E-state index contributed by atoms with van der Waals surface area (Å²) in [6.45, 7) is 3.37. The Morgan fingerprint density at radius 3 is 2.69 bits per heavy atom. The summed E-state index contributed by atoms with van der Waals surface area (Å²) in [5, 5.41) is 3.65. The standard InChI is InChI=1S/C23H23N5O3S/c1-13-11-14(2)26-22-17(13)18(24)20(32-22)23(30)31-12-16(29)27-19(15-7-5-4-6-8-15)21-25-9-10-28(21)3/h4-11,19H,12,24H2,1-3H3,(H,27,29). The lowest BCUT2D eigenvalue weighted by atomic mass is 10.1. The molecule has 4 rings (SSSR count). The Morgan fingerprint density at radius 1 is 1.25 bits per heavy atom. The number of carbonyl (C=O) groups is 2. The molecular weight excluding hydrogens is 426 g/mol. The molecule has 0 aliphatic rings. The molecule has 0 spiro atoms. The van der Waals surface area contributed by atoms with Gasteiger partial charge in [0.15, 0.2) is 6.61 Å². The number of anilines is 1. The Balaban J connectivity index is 1.49. The first-order valence-electron chi connectivity index (χ1n) is 10.00. The minimum absolute atomic E-state index is 0.248. The van der Waals surface area contributed by atoms with Gasteiger partial charge in [0.25, 0.3) is 5.91 Å². The number of nitrogens with two attached hydrogens (primary N) is 1. The van der Waals surface area contributed by atoms with E-state index >= 15 is 0 Å². The number of benzene rings is 1. The fourth-order valence-corrected chi connectivity index (χ4v) is 4.73. The average molecular weight is 450 g/mol. The van der Waals surface area contributed by atoms with Crippen molar-refractivity contribution in [2.24, 2.45) is 7.05 Å². The van der Waals surface area contributed by atoms with Crippen LogP contribution in [0.25, 0.3) is 10.2 Å². The van der Waals surface area contributed by atoms with Crippen molar-refractivity contribution in [3.63, 3.8) is 0 Å². The lowest BCUT2D eigenvalue weighted by Crippen LogP contribution is -2.34. The summed E-state index contributed by atoms with van der Waals surface area (Å²) in [4.78, 5) is 35.0. The molecule has 3 N–H and O–H groups in total. The highest BCUT2D eigenvalue weighted by Crippen LogP contribution is 2.35. The molecule has 1 amide bonds. The van der Waals surface area contributed by atoms with E-state index in [-0.39, 0.29) is 4.88 Å². The summed E-state index contributed by atoms with van der Waals surface area (Å²) in [6.07, 6.45) is 3.47. The largest absolute Gasteiger partial charge is 0.451 e. The molecule has 1 unspecified atom stereocenters. The van der Waals surface area contributed by atoms with Gasteiger partial charge in [0.2, 0.25) is 0 Å². The summed E-state index contributed by atoms with van der Waals surface area (Å²) < 4.78 is 7.11. The average Bonchev–Trinajstić information content (AvgIpc) is 3.33. The van der Waals surface area contributed by atoms with E-state index in [1.807, 2.05) is 61.9 Å². The Hall–Kier alpha value is -3.72. The van der Waals surface area contributed by atoms with Crippen LogP contribution in [0.3, 0.4) is 0 Å². The molecule has 4 aromatic rings. The Morgan fingerprint density at radius 2 is 2.00 bits per heavy atom. The molecule has 0 aliphatic carbocycles. The van der Waals surface area contributed by atoms with Crippen LogP contribution in [0.5, 0.6) is 0 Å². The fourth-order valence-electron chi connectivity index (χ4n) is 3.62. The van der Waals surface area contributed by atoms with Gasteiger partial charge in [-0.05, 0) is 31.0 Å². The number of hydrogen-bond donors (Lipinski definition) is 2. The van der Waals surface area contributed by atoms with Gasteiger partial charge in [-0.25, -0.2) is 14.8 Å². The second-order valence-electron chi connectivity index (χ2n) is 7.49. The first-order chi connectivity index (χ1) is 15.3. The third-order valence-corrected chi connectivity index (χ3v) is 6.18. The first kappa shape index (κ1) is 21.5.